The first-order chi connectivity index (χ1) is 4.16. The molecule has 0 aromatic rings. The van der Waals surface area contributed by atoms with Crippen molar-refractivity contribution in [2.75, 3.05) is 7.11 Å². The summed E-state index contributed by atoms with van der Waals surface area (Å²) in [6.07, 6.45) is 2.89. The van der Waals surface area contributed by atoms with Gasteiger partial charge < -0.3 is 10.5 Å². The predicted octanol–water partition coefficient (Wildman–Crippen LogP) is 0.0628. The van der Waals surface area contributed by atoms with E-state index in [2.05, 4.69) is 4.74 Å². The molecule has 0 aliphatic rings. The van der Waals surface area contributed by atoms with Crippen molar-refractivity contribution in [3.05, 3.63) is 12.2 Å². The standard InChI is InChI=1S/C6H11NO2/c1-5(7)3-4-6(8)9-2/h3-5H,7H2,1-2H3. The van der Waals surface area contributed by atoms with Gasteiger partial charge in [0, 0.05) is 12.1 Å². The zero-order chi connectivity index (χ0) is 7.28. The fraction of sp³-hybridized carbons (Fsp3) is 0.500. The quantitative estimate of drug-likeness (QED) is 0.424. The van der Waals surface area contributed by atoms with E-state index in [1.165, 1.54) is 13.2 Å². The minimum absolute atomic E-state index is 0.0934. The number of hydrogen-bond acceptors (Lipinski definition) is 3. The van der Waals surface area contributed by atoms with E-state index in [-0.39, 0.29) is 12.0 Å². The maximum absolute atomic E-state index is 10.4. The molecule has 0 fully saturated rings. The normalized spacial score (nSPS) is 13.7. The summed E-state index contributed by atoms with van der Waals surface area (Å²) in [4.78, 5) is 10.4. The van der Waals surface area contributed by atoms with Gasteiger partial charge in [-0.15, -0.1) is 0 Å². The fourth-order valence-electron chi connectivity index (χ4n) is 0.298. The first-order valence-electron chi connectivity index (χ1n) is 2.68. The van der Waals surface area contributed by atoms with E-state index in [0.29, 0.717) is 0 Å². The molecule has 0 aliphatic heterocycles. The summed E-state index contributed by atoms with van der Waals surface area (Å²) < 4.78 is 4.32. The van der Waals surface area contributed by atoms with Gasteiger partial charge in [0.25, 0.3) is 0 Å². The van der Waals surface area contributed by atoms with Gasteiger partial charge >= 0.3 is 5.97 Å². The van der Waals surface area contributed by atoms with Gasteiger partial charge in [0.1, 0.15) is 0 Å². The average Bonchev–Trinajstić information content (AvgIpc) is 1.83. The maximum atomic E-state index is 10.4. The molecule has 1 atom stereocenters. The molecule has 0 aliphatic carbocycles. The average molecular weight is 129 g/mol. The van der Waals surface area contributed by atoms with Gasteiger partial charge in [-0.2, -0.15) is 0 Å². The third kappa shape index (κ3) is 5.03. The molecule has 52 valence electrons. The van der Waals surface area contributed by atoms with Crippen LogP contribution in [0, 0.1) is 0 Å². The summed E-state index contributed by atoms with van der Waals surface area (Å²) in [5.41, 5.74) is 5.30. The Bertz CT molecular complexity index is 118. The number of rotatable bonds is 2. The number of esters is 1. The summed E-state index contributed by atoms with van der Waals surface area (Å²) in [7, 11) is 1.33. The van der Waals surface area contributed by atoms with Crippen LogP contribution in [0.4, 0.5) is 0 Å². The number of ether oxygens (including phenoxy) is 1. The fourth-order valence-corrected chi connectivity index (χ4v) is 0.298. The van der Waals surface area contributed by atoms with Crippen molar-refractivity contribution < 1.29 is 9.53 Å². The second kappa shape index (κ2) is 4.09. The van der Waals surface area contributed by atoms with Crippen LogP contribution in [0.3, 0.4) is 0 Å². The van der Waals surface area contributed by atoms with Crippen LogP contribution in [-0.4, -0.2) is 19.1 Å². The highest BCUT2D eigenvalue weighted by molar-refractivity contribution is 5.81. The van der Waals surface area contributed by atoms with Crippen LogP contribution >= 0.6 is 0 Å². The number of carbonyl (C=O) groups excluding carboxylic acids is 1. The smallest absolute Gasteiger partial charge is 0.330 e. The van der Waals surface area contributed by atoms with Crippen molar-refractivity contribution in [1.82, 2.24) is 0 Å². The van der Waals surface area contributed by atoms with Crippen molar-refractivity contribution in [3.63, 3.8) is 0 Å². The van der Waals surface area contributed by atoms with Crippen molar-refractivity contribution in [1.29, 1.82) is 0 Å². The van der Waals surface area contributed by atoms with E-state index in [9.17, 15) is 4.79 Å². The molecule has 0 rings (SSSR count). The third-order valence-corrected chi connectivity index (χ3v) is 0.737. The zero-order valence-corrected chi connectivity index (χ0v) is 5.63. The lowest BCUT2D eigenvalue weighted by Crippen LogP contribution is -2.11. The summed E-state index contributed by atoms with van der Waals surface area (Å²) in [5.74, 6) is -0.368. The van der Waals surface area contributed by atoms with Crippen LogP contribution in [-0.2, 0) is 9.53 Å². The molecule has 3 nitrogen and oxygen atoms in total. The highest BCUT2D eigenvalue weighted by Crippen LogP contribution is 1.80. The molecule has 0 heterocycles. The van der Waals surface area contributed by atoms with E-state index in [0.717, 1.165) is 0 Å². The van der Waals surface area contributed by atoms with E-state index in [1.807, 2.05) is 0 Å². The van der Waals surface area contributed by atoms with Crippen molar-refractivity contribution in [2.24, 2.45) is 5.73 Å². The van der Waals surface area contributed by atoms with Gasteiger partial charge in [-0.3, -0.25) is 0 Å². The Morgan fingerprint density at radius 3 is 2.67 bits per heavy atom. The molecule has 9 heavy (non-hydrogen) atoms. The molecule has 0 aromatic heterocycles. The van der Waals surface area contributed by atoms with E-state index < -0.39 is 0 Å². The number of hydrogen-bond donors (Lipinski definition) is 1. The van der Waals surface area contributed by atoms with E-state index >= 15 is 0 Å². The number of nitrogens with two attached hydrogens (primary N) is 1. The Morgan fingerprint density at radius 2 is 2.33 bits per heavy atom. The molecule has 0 saturated heterocycles. The summed E-state index contributed by atoms with van der Waals surface area (Å²) in [6.45, 7) is 1.78. The Kier molecular flexibility index (Phi) is 3.71. The second-order valence-corrected chi connectivity index (χ2v) is 1.74. The van der Waals surface area contributed by atoms with Crippen LogP contribution in [0.2, 0.25) is 0 Å². The highest BCUT2D eigenvalue weighted by Gasteiger charge is 1.90. The van der Waals surface area contributed by atoms with Crippen LogP contribution in [0.1, 0.15) is 6.92 Å². The Balaban J connectivity index is 3.57. The maximum Gasteiger partial charge on any atom is 0.330 e. The number of methoxy groups -OCH3 is 1. The van der Waals surface area contributed by atoms with Crippen LogP contribution in [0.25, 0.3) is 0 Å². The molecule has 3 heteroatoms. The van der Waals surface area contributed by atoms with Gasteiger partial charge in [0.05, 0.1) is 7.11 Å². The molecule has 2 N–H and O–H groups in total. The first-order valence-corrected chi connectivity index (χ1v) is 2.68. The lowest BCUT2D eigenvalue weighted by molar-refractivity contribution is -0.134. The van der Waals surface area contributed by atoms with Crippen molar-refractivity contribution in [2.45, 2.75) is 13.0 Å². The lowest BCUT2D eigenvalue weighted by Gasteiger charge is -1.92. The minimum Gasteiger partial charge on any atom is -0.466 e. The van der Waals surface area contributed by atoms with Gasteiger partial charge in [0.15, 0.2) is 0 Å². The Labute approximate surface area is 54.5 Å². The lowest BCUT2D eigenvalue weighted by atomic mass is 10.3. The first kappa shape index (κ1) is 8.17. The summed E-state index contributed by atoms with van der Waals surface area (Å²) in [5, 5.41) is 0. The SMILES string of the molecule is COC(=O)C=CC(C)N. The molecule has 0 saturated carbocycles. The summed E-state index contributed by atoms with van der Waals surface area (Å²) in [6, 6.07) is -0.0934. The van der Waals surface area contributed by atoms with Crippen LogP contribution < -0.4 is 5.73 Å². The van der Waals surface area contributed by atoms with Gasteiger partial charge in [-0.25, -0.2) is 4.79 Å². The second-order valence-electron chi connectivity index (χ2n) is 1.74. The van der Waals surface area contributed by atoms with E-state index in [4.69, 9.17) is 5.73 Å². The third-order valence-electron chi connectivity index (χ3n) is 0.737. The molecular formula is C6H11NO2. The van der Waals surface area contributed by atoms with Crippen LogP contribution in [0.15, 0.2) is 12.2 Å². The topological polar surface area (TPSA) is 52.3 Å². The minimum atomic E-state index is -0.368. The molecule has 0 aromatic carbocycles. The van der Waals surface area contributed by atoms with Gasteiger partial charge in [-0.1, -0.05) is 6.08 Å². The zero-order valence-electron chi connectivity index (χ0n) is 5.63. The molecule has 0 spiro atoms. The predicted molar refractivity (Wildman–Crippen MR) is 34.8 cm³/mol. The molecule has 0 bridgehead atoms. The summed E-state index contributed by atoms with van der Waals surface area (Å²) >= 11 is 0. The van der Waals surface area contributed by atoms with E-state index in [1.54, 1.807) is 13.0 Å². The Morgan fingerprint density at radius 1 is 1.78 bits per heavy atom. The molecule has 1 unspecified atom stereocenters. The molecular weight excluding hydrogens is 118 g/mol. The van der Waals surface area contributed by atoms with Crippen molar-refractivity contribution in [3.8, 4) is 0 Å². The highest BCUT2D eigenvalue weighted by atomic mass is 16.5. The van der Waals surface area contributed by atoms with Gasteiger partial charge in [0.2, 0.25) is 0 Å². The Hall–Kier alpha value is -0.830. The van der Waals surface area contributed by atoms with Crippen LogP contribution in [0.5, 0.6) is 0 Å². The van der Waals surface area contributed by atoms with Gasteiger partial charge in [-0.05, 0) is 6.92 Å². The largest absolute Gasteiger partial charge is 0.466 e. The number of carbonyl (C=O) groups is 1. The molecule has 0 amide bonds. The monoisotopic (exact) mass is 129 g/mol. The van der Waals surface area contributed by atoms with Crippen molar-refractivity contribution >= 4 is 5.97 Å². The molecule has 0 radical (unpaired) electrons.